The highest BCUT2D eigenvalue weighted by molar-refractivity contribution is 7.90. The maximum absolute atomic E-state index is 12.3. The van der Waals surface area contributed by atoms with E-state index in [4.69, 9.17) is 9.47 Å². The van der Waals surface area contributed by atoms with Crippen LogP contribution in [-0.2, 0) is 24.3 Å². The summed E-state index contributed by atoms with van der Waals surface area (Å²) in [5, 5.41) is 2.64. The van der Waals surface area contributed by atoms with Crippen LogP contribution in [0.3, 0.4) is 0 Å². The molecule has 1 aliphatic rings. The van der Waals surface area contributed by atoms with Gasteiger partial charge >= 0.3 is 5.97 Å². The molecule has 0 unspecified atom stereocenters. The molecule has 1 atom stereocenters. The smallest absolute Gasteiger partial charge is 0.308 e. The van der Waals surface area contributed by atoms with Gasteiger partial charge in [0, 0.05) is 5.56 Å². The monoisotopic (exact) mass is 431 g/mol. The molecule has 1 heterocycles. The minimum Gasteiger partial charge on any atom is -0.495 e. The molecule has 0 fully saturated rings. The summed E-state index contributed by atoms with van der Waals surface area (Å²) in [6.07, 6.45) is -1.14. The van der Waals surface area contributed by atoms with Gasteiger partial charge in [0.25, 0.3) is 15.9 Å². The number of methoxy groups -OCH3 is 1. The lowest BCUT2D eigenvalue weighted by atomic mass is 10.2. The second-order valence-corrected chi connectivity index (χ2v) is 8.05. The molecule has 1 aliphatic heterocycles. The first-order valence-corrected chi connectivity index (χ1v) is 10.6. The third-order valence-corrected chi connectivity index (χ3v) is 5.69. The van der Waals surface area contributed by atoms with Gasteiger partial charge in [-0.05, 0) is 31.2 Å². The first kappa shape index (κ1) is 21.3. The fraction of sp³-hybridized carbons (Fsp3) is 0.250. The van der Waals surface area contributed by atoms with Gasteiger partial charge in [0.05, 0.1) is 30.7 Å². The summed E-state index contributed by atoms with van der Waals surface area (Å²) in [5.41, 5.74) is 0.918. The topological polar surface area (TPSA) is 123 Å². The largest absolute Gasteiger partial charge is 0.495 e. The van der Waals surface area contributed by atoms with E-state index in [-0.39, 0.29) is 23.7 Å². The molecule has 3 rings (SSSR count). The third-order valence-electron chi connectivity index (χ3n) is 4.29. The lowest BCUT2D eigenvalue weighted by Crippen LogP contribution is -2.30. The van der Waals surface area contributed by atoms with E-state index < -0.39 is 28.0 Å². The van der Waals surface area contributed by atoms with Crippen LogP contribution in [-0.4, -0.2) is 45.9 Å². The minimum absolute atomic E-state index is 0.00582. The predicted molar refractivity (Wildman–Crippen MR) is 110 cm³/mol. The molecule has 0 aliphatic carbocycles. The van der Waals surface area contributed by atoms with Crippen molar-refractivity contribution in [2.75, 3.05) is 19.0 Å². The Morgan fingerprint density at radius 2 is 1.83 bits per heavy atom. The van der Waals surface area contributed by atoms with Gasteiger partial charge in [-0.25, -0.2) is 8.42 Å². The number of esters is 1. The van der Waals surface area contributed by atoms with Crippen LogP contribution in [0.4, 0.5) is 5.69 Å². The molecule has 9 nitrogen and oxygen atoms in total. The number of carbonyl (C=O) groups excluding carboxylic acids is 2. The molecule has 2 N–H and O–H groups in total. The zero-order valence-electron chi connectivity index (χ0n) is 16.4. The third kappa shape index (κ3) is 4.77. The average molecular weight is 431 g/mol. The number of hydrogen-bond donors (Lipinski definition) is 2. The zero-order chi connectivity index (χ0) is 21.7. The van der Waals surface area contributed by atoms with Crippen LogP contribution in [0.15, 0.2) is 58.4 Å². The molecular formula is C20H21N3O6S. The molecule has 10 heteroatoms. The Bertz CT molecular complexity index is 1100. The minimum atomic E-state index is -3.63. The molecule has 2 aromatic carbocycles. The number of aliphatic imine (C=N–C) groups is 1. The number of ether oxygens (including phenoxy) is 2. The highest BCUT2D eigenvalue weighted by atomic mass is 32.2. The molecule has 0 radical (unpaired) electrons. The average Bonchev–Trinajstić information content (AvgIpc) is 2.99. The first-order valence-electron chi connectivity index (χ1n) is 9.12. The van der Waals surface area contributed by atoms with Crippen molar-refractivity contribution in [1.82, 2.24) is 4.72 Å². The molecule has 0 aromatic heterocycles. The van der Waals surface area contributed by atoms with E-state index >= 15 is 0 Å². The van der Waals surface area contributed by atoms with Crippen molar-refractivity contribution in [3.8, 4) is 5.75 Å². The number of para-hydroxylation sites is 2. The van der Waals surface area contributed by atoms with Gasteiger partial charge in [-0.1, -0.05) is 24.3 Å². The summed E-state index contributed by atoms with van der Waals surface area (Å²) in [6, 6.07) is 13.3. The summed E-state index contributed by atoms with van der Waals surface area (Å²) in [4.78, 5) is 28.6. The first-order chi connectivity index (χ1) is 14.3. The highest BCUT2D eigenvalue weighted by Gasteiger charge is 2.30. The number of nitrogens with one attached hydrogen (secondary N) is 2. The lowest BCUT2D eigenvalue weighted by Gasteiger charge is -2.15. The summed E-state index contributed by atoms with van der Waals surface area (Å²) >= 11 is 0. The van der Waals surface area contributed by atoms with Gasteiger partial charge in [-0.2, -0.15) is 0 Å². The molecule has 0 bridgehead atoms. The number of fused-ring (bicyclic) bond motifs is 1. The number of hydrogen-bond acceptors (Lipinski definition) is 7. The van der Waals surface area contributed by atoms with Crippen molar-refractivity contribution in [3.05, 3.63) is 54.1 Å². The number of anilines is 1. The number of amidine groups is 1. The number of nitrogens with zero attached hydrogens (tertiary/aromatic N) is 1. The summed E-state index contributed by atoms with van der Waals surface area (Å²) in [5.74, 6) is -0.465. The van der Waals surface area contributed by atoms with E-state index in [2.05, 4.69) is 15.0 Å². The van der Waals surface area contributed by atoms with Crippen molar-refractivity contribution < 1.29 is 27.5 Å². The lowest BCUT2D eigenvalue weighted by molar-refractivity contribution is -0.152. The van der Waals surface area contributed by atoms with Gasteiger partial charge in [-0.3, -0.25) is 19.3 Å². The van der Waals surface area contributed by atoms with Crippen LogP contribution in [0.2, 0.25) is 0 Å². The highest BCUT2D eigenvalue weighted by Crippen LogP contribution is 2.23. The van der Waals surface area contributed by atoms with Gasteiger partial charge in [-0.15, -0.1) is 0 Å². The number of carbonyl (C=O) groups is 2. The maximum atomic E-state index is 12.3. The molecule has 2 aromatic rings. The van der Waals surface area contributed by atoms with Crippen LogP contribution in [0.5, 0.6) is 5.75 Å². The van der Waals surface area contributed by atoms with Gasteiger partial charge < -0.3 is 14.8 Å². The Balaban J connectivity index is 1.54. The van der Waals surface area contributed by atoms with E-state index in [0.29, 0.717) is 17.0 Å². The van der Waals surface area contributed by atoms with E-state index in [1.165, 1.54) is 20.1 Å². The van der Waals surface area contributed by atoms with E-state index in [1.54, 1.807) is 42.5 Å². The van der Waals surface area contributed by atoms with Crippen molar-refractivity contribution in [1.29, 1.82) is 0 Å². The fourth-order valence-corrected chi connectivity index (χ4v) is 4.05. The Kier molecular flexibility index (Phi) is 6.36. The SMILES string of the molecule is COc1ccccc1NC(=O)[C@@H](C)OC(=O)CCN=C1NS(=O)(=O)c2ccccc21. The van der Waals surface area contributed by atoms with Crippen molar-refractivity contribution >= 4 is 33.4 Å². The Morgan fingerprint density at radius 1 is 1.13 bits per heavy atom. The zero-order valence-corrected chi connectivity index (χ0v) is 17.2. The van der Waals surface area contributed by atoms with E-state index in [0.717, 1.165) is 0 Å². The summed E-state index contributed by atoms with van der Waals surface area (Å²) in [7, 11) is -2.15. The van der Waals surface area contributed by atoms with Crippen LogP contribution < -0.4 is 14.8 Å². The van der Waals surface area contributed by atoms with Crippen molar-refractivity contribution in [3.63, 3.8) is 0 Å². The van der Waals surface area contributed by atoms with Gasteiger partial charge in [0.15, 0.2) is 6.10 Å². The summed E-state index contributed by atoms with van der Waals surface area (Å²) in [6.45, 7) is 1.46. The normalized spacial score (nSPS) is 16.3. The number of rotatable bonds is 7. The standard InChI is InChI=1S/C20H21N3O6S/c1-13(20(25)22-15-8-4-5-9-16(15)28-2)29-18(24)11-12-21-19-14-7-3-6-10-17(14)30(26,27)23-19/h3-10,13H,11-12H2,1-2H3,(H,21,23)(H,22,25)/t13-/m1/s1. The molecular weight excluding hydrogens is 410 g/mol. The summed E-state index contributed by atoms with van der Waals surface area (Å²) < 4.78 is 36.7. The van der Waals surface area contributed by atoms with Crippen LogP contribution in [0.1, 0.15) is 18.9 Å². The number of sulfonamides is 1. The second-order valence-electron chi connectivity index (χ2n) is 6.40. The van der Waals surface area contributed by atoms with Crippen LogP contribution in [0, 0.1) is 0 Å². The van der Waals surface area contributed by atoms with Crippen LogP contribution >= 0.6 is 0 Å². The molecule has 0 saturated heterocycles. The van der Waals surface area contributed by atoms with Crippen LogP contribution in [0.25, 0.3) is 0 Å². The maximum Gasteiger partial charge on any atom is 0.308 e. The fourth-order valence-electron chi connectivity index (χ4n) is 2.80. The van der Waals surface area contributed by atoms with E-state index in [9.17, 15) is 18.0 Å². The number of amides is 1. The van der Waals surface area contributed by atoms with Crippen molar-refractivity contribution in [2.45, 2.75) is 24.3 Å². The van der Waals surface area contributed by atoms with Gasteiger partial charge in [0.2, 0.25) is 0 Å². The number of benzene rings is 2. The molecule has 0 saturated carbocycles. The quantitative estimate of drug-likeness (QED) is 0.643. The van der Waals surface area contributed by atoms with Crippen molar-refractivity contribution in [2.24, 2.45) is 4.99 Å². The predicted octanol–water partition coefficient (Wildman–Crippen LogP) is 1.69. The molecule has 158 valence electrons. The second kappa shape index (κ2) is 8.95. The Hall–Kier alpha value is -3.40. The van der Waals surface area contributed by atoms with E-state index in [1.807, 2.05) is 0 Å². The molecule has 30 heavy (non-hydrogen) atoms. The molecule has 0 spiro atoms. The Morgan fingerprint density at radius 3 is 2.60 bits per heavy atom. The van der Waals surface area contributed by atoms with Gasteiger partial charge in [0.1, 0.15) is 11.6 Å². The Labute approximate surface area is 174 Å². The molecule has 1 amide bonds.